The summed E-state index contributed by atoms with van der Waals surface area (Å²) in [5.74, 6) is -1.11. The molecule has 2 rings (SSSR count). The van der Waals surface area contributed by atoms with Gasteiger partial charge in [0.05, 0.1) is 0 Å². The Labute approximate surface area is 104 Å². The Morgan fingerprint density at radius 1 is 1.35 bits per heavy atom. The zero-order chi connectivity index (χ0) is 12.4. The first-order valence-corrected chi connectivity index (χ1v) is 5.78. The number of carboxylic acid groups (broad SMARTS) is 1. The third kappa shape index (κ3) is 2.42. The van der Waals surface area contributed by atoms with E-state index < -0.39 is 12.0 Å². The van der Waals surface area contributed by atoms with E-state index in [-0.39, 0.29) is 5.91 Å². The van der Waals surface area contributed by atoms with Gasteiger partial charge in [0.1, 0.15) is 6.04 Å². The summed E-state index contributed by atoms with van der Waals surface area (Å²) >= 11 is 5.77. The number of aliphatic carboxylic acids is 1. The van der Waals surface area contributed by atoms with Crippen LogP contribution in [-0.2, 0) is 9.59 Å². The average molecular weight is 254 g/mol. The highest BCUT2D eigenvalue weighted by atomic mass is 35.5. The van der Waals surface area contributed by atoms with Crippen LogP contribution < -0.4 is 4.90 Å². The van der Waals surface area contributed by atoms with Crippen molar-refractivity contribution in [3.8, 4) is 0 Å². The van der Waals surface area contributed by atoms with Crippen LogP contribution in [-0.4, -0.2) is 23.0 Å². The van der Waals surface area contributed by atoms with Crippen LogP contribution in [0.2, 0.25) is 5.02 Å². The molecular formula is C12H12ClNO3. The fourth-order valence-corrected chi connectivity index (χ4v) is 2.16. The normalized spacial score (nSPS) is 20.4. The minimum Gasteiger partial charge on any atom is -0.480 e. The lowest BCUT2D eigenvalue weighted by atomic mass is 10.0. The highest BCUT2D eigenvalue weighted by Crippen LogP contribution is 2.27. The van der Waals surface area contributed by atoms with Crippen LogP contribution >= 0.6 is 11.6 Å². The fourth-order valence-electron chi connectivity index (χ4n) is 2.03. The predicted octanol–water partition coefficient (Wildman–Crippen LogP) is 2.31. The topological polar surface area (TPSA) is 57.6 Å². The molecule has 1 unspecified atom stereocenters. The average Bonchev–Trinajstić information content (AvgIpc) is 2.30. The number of halogens is 1. The van der Waals surface area contributed by atoms with Gasteiger partial charge in [0.25, 0.3) is 0 Å². The zero-order valence-electron chi connectivity index (χ0n) is 9.10. The van der Waals surface area contributed by atoms with Gasteiger partial charge in [-0.2, -0.15) is 0 Å². The summed E-state index contributed by atoms with van der Waals surface area (Å²) in [5.41, 5.74) is 0.589. The Hall–Kier alpha value is -1.55. The Morgan fingerprint density at radius 3 is 2.59 bits per heavy atom. The monoisotopic (exact) mass is 253 g/mol. The van der Waals surface area contributed by atoms with E-state index in [1.807, 2.05) is 0 Å². The number of amides is 1. The number of nitrogens with zero attached hydrogens (tertiary/aromatic N) is 1. The highest BCUT2D eigenvalue weighted by Gasteiger charge is 2.33. The third-order valence-corrected chi connectivity index (χ3v) is 3.09. The van der Waals surface area contributed by atoms with Crippen molar-refractivity contribution in [2.45, 2.75) is 25.3 Å². The summed E-state index contributed by atoms with van der Waals surface area (Å²) in [6, 6.07) is 5.87. The summed E-state index contributed by atoms with van der Waals surface area (Å²) in [6.45, 7) is 0. The molecule has 1 aliphatic heterocycles. The van der Waals surface area contributed by atoms with E-state index in [9.17, 15) is 9.59 Å². The van der Waals surface area contributed by atoms with E-state index in [1.165, 1.54) is 4.90 Å². The van der Waals surface area contributed by atoms with Gasteiger partial charge in [-0.15, -0.1) is 0 Å². The molecular weight excluding hydrogens is 242 g/mol. The lowest BCUT2D eigenvalue weighted by Gasteiger charge is -2.32. The highest BCUT2D eigenvalue weighted by molar-refractivity contribution is 6.30. The van der Waals surface area contributed by atoms with Crippen LogP contribution in [0.15, 0.2) is 24.3 Å². The van der Waals surface area contributed by atoms with Crippen molar-refractivity contribution in [1.82, 2.24) is 0 Å². The summed E-state index contributed by atoms with van der Waals surface area (Å²) in [5, 5.41) is 9.68. The van der Waals surface area contributed by atoms with Gasteiger partial charge in [-0.1, -0.05) is 11.6 Å². The molecule has 5 heteroatoms. The van der Waals surface area contributed by atoms with Crippen molar-refractivity contribution in [3.05, 3.63) is 29.3 Å². The standard InChI is InChI=1S/C12H12ClNO3/c13-8-4-6-9(7-5-8)14-10(12(16)17)2-1-3-11(14)15/h4-7,10H,1-3H2,(H,16,17). The second-order valence-corrected chi connectivity index (χ2v) is 4.42. The van der Waals surface area contributed by atoms with E-state index in [0.717, 1.165) is 0 Å². The van der Waals surface area contributed by atoms with Gasteiger partial charge in [-0.3, -0.25) is 9.69 Å². The van der Waals surface area contributed by atoms with Crippen LogP contribution in [0, 0.1) is 0 Å². The van der Waals surface area contributed by atoms with E-state index in [2.05, 4.69) is 0 Å². The predicted molar refractivity (Wildman–Crippen MR) is 64.2 cm³/mol. The molecule has 0 aromatic heterocycles. The molecule has 0 bridgehead atoms. The molecule has 1 aromatic carbocycles. The molecule has 0 radical (unpaired) electrons. The second-order valence-electron chi connectivity index (χ2n) is 3.99. The second kappa shape index (κ2) is 4.75. The molecule has 1 N–H and O–H groups in total. The maximum atomic E-state index is 11.8. The number of hydrogen-bond acceptors (Lipinski definition) is 2. The first-order valence-electron chi connectivity index (χ1n) is 5.40. The number of hydrogen-bond donors (Lipinski definition) is 1. The molecule has 90 valence electrons. The fraction of sp³-hybridized carbons (Fsp3) is 0.333. The van der Waals surface area contributed by atoms with Crippen LogP contribution in [0.4, 0.5) is 5.69 Å². The van der Waals surface area contributed by atoms with E-state index >= 15 is 0 Å². The molecule has 1 atom stereocenters. The summed E-state index contributed by atoms with van der Waals surface area (Å²) < 4.78 is 0. The summed E-state index contributed by atoms with van der Waals surface area (Å²) in [4.78, 5) is 24.3. The molecule has 1 aliphatic rings. The van der Waals surface area contributed by atoms with Crippen LogP contribution in [0.5, 0.6) is 0 Å². The molecule has 1 aromatic rings. The van der Waals surface area contributed by atoms with E-state index in [1.54, 1.807) is 24.3 Å². The number of piperidine rings is 1. The number of carboxylic acids is 1. The first kappa shape index (κ1) is 11.9. The van der Waals surface area contributed by atoms with E-state index in [0.29, 0.717) is 30.0 Å². The smallest absolute Gasteiger partial charge is 0.326 e. The molecule has 0 spiro atoms. The Kier molecular flexibility index (Phi) is 3.33. The summed E-state index contributed by atoms with van der Waals surface area (Å²) in [7, 11) is 0. The number of anilines is 1. The number of benzene rings is 1. The number of carbonyl (C=O) groups excluding carboxylic acids is 1. The van der Waals surface area contributed by atoms with Gasteiger partial charge in [-0.05, 0) is 37.1 Å². The van der Waals surface area contributed by atoms with Crippen molar-refractivity contribution in [3.63, 3.8) is 0 Å². The maximum absolute atomic E-state index is 11.8. The van der Waals surface area contributed by atoms with Gasteiger partial charge in [0.2, 0.25) is 5.91 Å². The maximum Gasteiger partial charge on any atom is 0.326 e. The lowest BCUT2D eigenvalue weighted by Crippen LogP contribution is -2.48. The van der Waals surface area contributed by atoms with Crippen molar-refractivity contribution in [2.24, 2.45) is 0 Å². The number of carbonyl (C=O) groups is 2. The van der Waals surface area contributed by atoms with Crippen molar-refractivity contribution in [2.75, 3.05) is 4.90 Å². The third-order valence-electron chi connectivity index (χ3n) is 2.84. The van der Waals surface area contributed by atoms with Crippen molar-refractivity contribution in [1.29, 1.82) is 0 Å². The van der Waals surface area contributed by atoms with Gasteiger partial charge >= 0.3 is 5.97 Å². The first-order chi connectivity index (χ1) is 8.09. The van der Waals surface area contributed by atoms with Gasteiger partial charge in [0, 0.05) is 17.1 Å². The largest absolute Gasteiger partial charge is 0.480 e. The van der Waals surface area contributed by atoms with Gasteiger partial charge < -0.3 is 5.11 Å². The Balaban J connectivity index is 2.34. The molecule has 1 amide bonds. The zero-order valence-corrected chi connectivity index (χ0v) is 9.85. The van der Waals surface area contributed by atoms with Gasteiger partial charge in [-0.25, -0.2) is 4.79 Å². The van der Waals surface area contributed by atoms with Crippen LogP contribution in [0.25, 0.3) is 0 Å². The molecule has 1 fully saturated rings. The van der Waals surface area contributed by atoms with Crippen LogP contribution in [0.1, 0.15) is 19.3 Å². The summed E-state index contributed by atoms with van der Waals surface area (Å²) in [6.07, 6.45) is 1.51. The number of rotatable bonds is 2. The lowest BCUT2D eigenvalue weighted by molar-refractivity contribution is -0.141. The Morgan fingerprint density at radius 2 is 2.00 bits per heavy atom. The molecule has 0 saturated carbocycles. The molecule has 17 heavy (non-hydrogen) atoms. The van der Waals surface area contributed by atoms with Crippen molar-refractivity contribution < 1.29 is 14.7 Å². The molecule has 1 heterocycles. The van der Waals surface area contributed by atoms with Gasteiger partial charge in [0.15, 0.2) is 0 Å². The quantitative estimate of drug-likeness (QED) is 0.880. The van der Waals surface area contributed by atoms with Crippen molar-refractivity contribution >= 4 is 29.2 Å². The SMILES string of the molecule is O=C(O)C1CCCC(=O)N1c1ccc(Cl)cc1. The molecule has 0 aliphatic carbocycles. The minimum absolute atomic E-state index is 0.147. The molecule has 1 saturated heterocycles. The van der Waals surface area contributed by atoms with E-state index in [4.69, 9.17) is 16.7 Å². The molecule has 4 nitrogen and oxygen atoms in total. The minimum atomic E-state index is -0.965. The van der Waals surface area contributed by atoms with Crippen LogP contribution in [0.3, 0.4) is 0 Å². The Bertz CT molecular complexity index is 444.